The Morgan fingerprint density at radius 1 is 0.690 bits per heavy atom. The summed E-state index contributed by atoms with van der Waals surface area (Å²) < 4.78 is 0. The molecule has 0 saturated heterocycles. The Kier molecular flexibility index (Phi) is 15.6. The molecule has 0 fully saturated rings. The Bertz CT molecular complexity index is 1060. The van der Waals surface area contributed by atoms with Crippen LogP contribution in [-0.2, 0) is 28.8 Å². The molecule has 0 saturated carbocycles. The van der Waals surface area contributed by atoms with Crippen LogP contribution in [-0.4, -0.2) is 145 Å². The molecule has 1 heterocycles. The van der Waals surface area contributed by atoms with Gasteiger partial charge in [0.15, 0.2) is 0 Å². The van der Waals surface area contributed by atoms with Crippen LogP contribution >= 0.6 is 0 Å². The predicted octanol–water partition coefficient (Wildman–Crippen LogP) is 0.000700. The first-order chi connectivity index (χ1) is 19.8. The van der Waals surface area contributed by atoms with Crippen LogP contribution in [0, 0.1) is 0 Å². The number of carboxylic acids is 6. The van der Waals surface area contributed by atoms with Gasteiger partial charge < -0.3 is 30.6 Å². The smallest absolute Gasteiger partial charge is 0.320 e. The fraction of sp³-hybridized carbons (Fsp3) is 0.577. The number of hydrogen-bond donors (Lipinski definition) is 6. The Morgan fingerprint density at radius 2 is 1.07 bits per heavy atom. The third-order valence-electron chi connectivity index (χ3n) is 6.67. The van der Waals surface area contributed by atoms with Crippen molar-refractivity contribution in [2.24, 2.45) is 4.99 Å². The van der Waals surface area contributed by atoms with Gasteiger partial charge >= 0.3 is 35.8 Å². The monoisotopic (exact) mass is 598 g/mol. The zero-order valence-corrected chi connectivity index (χ0v) is 23.1. The maximum absolute atomic E-state index is 12.2. The number of hydrogen-bond acceptors (Lipinski definition) is 10. The van der Waals surface area contributed by atoms with Crippen molar-refractivity contribution >= 4 is 42.0 Å². The summed E-state index contributed by atoms with van der Waals surface area (Å²) in [7, 11) is 0. The van der Waals surface area contributed by atoms with E-state index in [2.05, 4.69) is 11.6 Å². The Morgan fingerprint density at radius 3 is 1.48 bits per heavy atom. The van der Waals surface area contributed by atoms with E-state index in [4.69, 9.17) is 15.3 Å². The van der Waals surface area contributed by atoms with E-state index in [0.717, 1.165) is 0 Å². The number of aliphatic carboxylic acids is 6. The van der Waals surface area contributed by atoms with Gasteiger partial charge in [0.25, 0.3) is 0 Å². The zero-order valence-electron chi connectivity index (χ0n) is 23.1. The van der Waals surface area contributed by atoms with E-state index in [9.17, 15) is 44.1 Å². The molecule has 0 aromatic heterocycles. The Hall–Kier alpha value is -4.15. The van der Waals surface area contributed by atoms with Crippen LogP contribution in [0.25, 0.3) is 0 Å². The Labute approximate surface area is 241 Å². The molecule has 6 N–H and O–H groups in total. The molecule has 1 aliphatic rings. The standard InChI is InChI=1S/C26H38N4O12/c1-2-3-17-16-30(20(26(41)42)6-9-23(35)36)15-14-29(19(25(39)40)5-8-22(33)34)13-12-28(11-10-27-17)18(24(37)38)4-7-21(31)32/h2-3,10,18-20H,1,4-9,11-16H2,(H,31,32)(H,33,34)(H,35,36)(H,37,38)(H,39,40)(H,41,42). The van der Waals surface area contributed by atoms with Crippen molar-refractivity contribution < 1.29 is 59.4 Å². The van der Waals surface area contributed by atoms with Gasteiger partial charge in [0, 0.05) is 64.7 Å². The van der Waals surface area contributed by atoms with Gasteiger partial charge in [-0.3, -0.25) is 48.5 Å². The van der Waals surface area contributed by atoms with Gasteiger partial charge in [-0.2, -0.15) is 0 Å². The first-order valence-electron chi connectivity index (χ1n) is 13.2. The summed E-state index contributed by atoms with van der Waals surface area (Å²) in [6.07, 6.45) is 2.09. The lowest BCUT2D eigenvalue weighted by Crippen LogP contribution is -2.52. The summed E-state index contributed by atoms with van der Waals surface area (Å²) in [4.78, 5) is 78.6. The first kappa shape index (κ1) is 35.9. The fourth-order valence-corrected chi connectivity index (χ4v) is 4.57. The molecule has 42 heavy (non-hydrogen) atoms. The number of carbonyl (C=O) groups is 6. The molecule has 0 spiro atoms. The summed E-state index contributed by atoms with van der Waals surface area (Å²) >= 11 is 0. The van der Waals surface area contributed by atoms with Crippen molar-refractivity contribution in [1.29, 1.82) is 0 Å². The van der Waals surface area contributed by atoms with E-state index in [0.29, 0.717) is 5.70 Å². The third-order valence-corrected chi connectivity index (χ3v) is 6.67. The normalized spacial score (nSPS) is 19.1. The molecule has 16 heteroatoms. The highest BCUT2D eigenvalue weighted by Crippen LogP contribution is 2.17. The van der Waals surface area contributed by atoms with Crippen LogP contribution in [0.2, 0.25) is 0 Å². The second kappa shape index (κ2) is 18.3. The topological polar surface area (TPSA) is 246 Å². The molecular weight excluding hydrogens is 560 g/mol. The number of rotatable bonds is 16. The molecule has 0 radical (unpaired) electrons. The lowest BCUT2D eigenvalue weighted by molar-refractivity contribution is -0.148. The van der Waals surface area contributed by atoms with E-state index < -0.39 is 73.2 Å². The van der Waals surface area contributed by atoms with E-state index in [-0.39, 0.29) is 58.5 Å². The molecule has 3 atom stereocenters. The van der Waals surface area contributed by atoms with Crippen molar-refractivity contribution in [3.8, 4) is 0 Å². The van der Waals surface area contributed by atoms with Crippen LogP contribution in [0.1, 0.15) is 38.5 Å². The lowest BCUT2D eigenvalue weighted by Gasteiger charge is -2.36. The van der Waals surface area contributed by atoms with E-state index >= 15 is 0 Å². The van der Waals surface area contributed by atoms with Gasteiger partial charge in [-0.25, -0.2) is 0 Å². The molecule has 16 nitrogen and oxygen atoms in total. The SMILES string of the molecule is C=CC=C1CN(C(CCC(=O)O)C(=O)O)CCN(C(CCC(=O)O)C(=O)O)CCN(C(CCC(=O)O)C(=O)O)CC=N1. The van der Waals surface area contributed by atoms with Crippen LogP contribution in [0.5, 0.6) is 0 Å². The summed E-state index contributed by atoms with van der Waals surface area (Å²) in [6, 6.07) is -3.86. The van der Waals surface area contributed by atoms with Gasteiger partial charge in [-0.1, -0.05) is 12.7 Å². The maximum atomic E-state index is 12.2. The second-order valence-corrected chi connectivity index (χ2v) is 9.57. The van der Waals surface area contributed by atoms with Gasteiger partial charge in [0.05, 0.1) is 5.70 Å². The van der Waals surface area contributed by atoms with Gasteiger partial charge in [0.1, 0.15) is 18.1 Å². The minimum atomic E-state index is -1.34. The Balaban J connectivity index is 3.58. The number of nitrogens with zero attached hydrogens (tertiary/aromatic N) is 4. The maximum Gasteiger partial charge on any atom is 0.320 e. The number of aliphatic imine (C=N–C) groups is 1. The largest absolute Gasteiger partial charge is 0.481 e. The third kappa shape index (κ3) is 13.0. The summed E-state index contributed by atoms with van der Waals surface area (Å²) in [5.41, 5.74) is 0.303. The average Bonchev–Trinajstić information content (AvgIpc) is 2.87. The molecule has 0 aromatic carbocycles. The summed E-state index contributed by atoms with van der Waals surface area (Å²) in [6.45, 7) is 3.08. The van der Waals surface area contributed by atoms with Crippen molar-refractivity contribution in [2.75, 3.05) is 39.3 Å². The highest BCUT2D eigenvalue weighted by Gasteiger charge is 2.32. The van der Waals surface area contributed by atoms with Crippen molar-refractivity contribution in [1.82, 2.24) is 14.7 Å². The van der Waals surface area contributed by atoms with Gasteiger partial charge in [0.2, 0.25) is 0 Å². The molecule has 0 amide bonds. The van der Waals surface area contributed by atoms with Crippen molar-refractivity contribution in [2.45, 2.75) is 56.7 Å². The second-order valence-electron chi connectivity index (χ2n) is 9.57. The average molecular weight is 599 g/mol. The van der Waals surface area contributed by atoms with Crippen molar-refractivity contribution in [3.63, 3.8) is 0 Å². The van der Waals surface area contributed by atoms with Gasteiger partial charge in [-0.05, 0) is 25.3 Å². The molecular formula is C26H38N4O12. The zero-order chi connectivity index (χ0) is 31.8. The van der Waals surface area contributed by atoms with Crippen LogP contribution < -0.4 is 0 Å². The minimum Gasteiger partial charge on any atom is -0.481 e. The summed E-state index contributed by atoms with van der Waals surface area (Å²) in [5.74, 6) is -7.55. The van der Waals surface area contributed by atoms with E-state index in [1.165, 1.54) is 33.1 Å². The number of carboxylic acid groups (broad SMARTS) is 6. The lowest BCUT2D eigenvalue weighted by atomic mass is 10.1. The minimum absolute atomic E-state index is 0.0681. The molecule has 0 bridgehead atoms. The van der Waals surface area contributed by atoms with Crippen LogP contribution in [0.4, 0.5) is 0 Å². The molecule has 0 aliphatic carbocycles. The fourth-order valence-electron chi connectivity index (χ4n) is 4.57. The molecule has 0 aromatic rings. The van der Waals surface area contributed by atoms with Gasteiger partial charge in [-0.15, -0.1) is 0 Å². The van der Waals surface area contributed by atoms with E-state index in [1.54, 1.807) is 0 Å². The van der Waals surface area contributed by atoms with E-state index in [1.807, 2.05) is 0 Å². The predicted molar refractivity (Wildman–Crippen MR) is 146 cm³/mol. The molecule has 3 unspecified atom stereocenters. The summed E-state index contributed by atoms with van der Waals surface area (Å²) in [5, 5.41) is 57.0. The van der Waals surface area contributed by atoms with Crippen LogP contribution in [0.3, 0.4) is 0 Å². The van der Waals surface area contributed by atoms with Crippen molar-refractivity contribution in [3.05, 3.63) is 24.4 Å². The quantitative estimate of drug-likeness (QED) is 0.137. The number of allylic oxidation sites excluding steroid dienone is 2. The van der Waals surface area contributed by atoms with Crippen LogP contribution in [0.15, 0.2) is 29.4 Å². The highest BCUT2D eigenvalue weighted by atomic mass is 16.4. The highest BCUT2D eigenvalue weighted by molar-refractivity contribution is 5.77. The molecule has 1 aliphatic heterocycles. The molecule has 234 valence electrons. The first-order valence-corrected chi connectivity index (χ1v) is 13.2. The molecule has 1 rings (SSSR count).